The van der Waals surface area contributed by atoms with Gasteiger partial charge >= 0.3 is 6.18 Å². The number of benzene rings is 2. The fourth-order valence-electron chi connectivity index (χ4n) is 4.56. The molecular weight excluding hydrogens is 485 g/mol. The number of nitrogens with one attached hydrogen (secondary N) is 2. The summed E-state index contributed by atoms with van der Waals surface area (Å²) in [5.74, 6) is -0.630. The van der Waals surface area contributed by atoms with Gasteiger partial charge in [-0.2, -0.15) is 13.2 Å². The van der Waals surface area contributed by atoms with Crippen LogP contribution >= 0.6 is 11.3 Å². The van der Waals surface area contributed by atoms with Crippen LogP contribution in [0.5, 0.6) is 0 Å². The SMILES string of the molecule is Cc1ccc(C(=O)Nc2sc3c(c2C(=O)Nc2ccccc2C(F)(F)F)CCC(C(C)(C)C)C3)cc1. The summed E-state index contributed by atoms with van der Waals surface area (Å²) in [6.07, 6.45) is -2.38. The number of carbonyl (C=O) groups excluding carboxylic acids is 2. The van der Waals surface area contributed by atoms with Gasteiger partial charge in [0, 0.05) is 10.4 Å². The summed E-state index contributed by atoms with van der Waals surface area (Å²) < 4.78 is 40.6. The van der Waals surface area contributed by atoms with E-state index >= 15 is 0 Å². The number of amides is 2. The molecule has 8 heteroatoms. The van der Waals surface area contributed by atoms with Gasteiger partial charge in [0.15, 0.2) is 0 Å². The molecule has 0 aliphatic heterocycles. The molecular formula is C28H29F3N2O2S. The number of fused-ring (bicyclic) bond motifs is 1. The Morgan fingerprint density at radius 2 is 1.61 bits per heavy atom. The maximum Gasteiger partial charge on any atom is 0.418 e. The van der Waals surface area contributed by atoms with Crippen LogP contribution in [0, 0.1) is 18.3 Å². The molecule has 2 amide bonds. The van der Waals surface area contributed by atoms with Crippen molar-refractivity contribution in [3.05, 3.63) is 81.2 Å². The molecule has 190 valence electrons. The Labute approximate surface area is 212 Å². The lowest BCUT2D eigenvalue weighted by molar-refractivity contribution is -0.136. The van der Waals surface area contributed by atoms with Gasteiger partial charge in [-0.05, 0) is 67.3 Å². The average molecular weight is 515 g/mol. The van der Waals surface area contributed by atoms with Crippen molar-refractivity contribution < 1.29 is 22.8 Å². The third kappa shape index (κ3) is 5.48. The minimum absolute atomic E-state index is 0.0705. The van der Waals surface area contributed by atoms with Crippen molar-refractivity contribution in [2.45, 2.75) is 53.1 Å². The Hall–Kier alpha value is -3.13. The number of hydrogen-bond donors (Lipinski definition) is 2. The third-order valence-electron chi connectivity index (χ3n) is 6.74. The van der Waals surface area contributed by atoms with E-state index in [9.17, 15) is 22.8 Å². The van der Waals surface area contributed by atoms with Crippen LogP contribution in [0.15, 0.2) is 48.5 Å². The summed E-state index contributed by atoms with van der Waals surface area (Å²) >= 11 is 1.34. The lowest BCUT2D eigenvalue weighted by atomic mass is 9.72. The van der Waals surface area contributed by atoms with Gasteiger partial charge in [0.1, 0.15) is 5.00 Å². The van der Waals surface area contributed by atoms with E-state index in [1.165, 1.54) is 29.5 Å². The average Bonchev–Trinajstić information content (AvgIpc) is 3.15. The highest BCUT2D eigenvalue weighted by Gasteiger charge is 2.36. The van der Waals surface area contributed by atoms with Crippen LogP contribution in [0.1, 0.15) is 69.5 Å². The first-order valence-electron chi connectivity index (χ1n) is 11.8. The second-order valence-electron chi connectivity index (χ2n) is 10.3. The third-order valence-corrected chi connectivity index (χ3v) is 7.91. The van der Waals surface area contributed by atoms with Gasteiger partial charge in [-0.15, -0.1) is 11.3 Å². The minimum Gasteiger partial charge on any atom is -0.321 e. The second-order valence-corrected chi connectivity index (χ2v) is 11.4. The van der Waals surface area contributed by atoms with E-state index in [0.29, 0.717) is 22.9 Å². The Bertz CT molecular complexity index is 1290. The molecule has 1 heterocycles. The normalized spacial score (nSPS) is 15.8. The highest BCUT2D eigenvalue weighted by atomic mass is 32.1. The summed E-state index contributed by atoms with van der Waals surface area (Å²) in [7, 11) is 0. The van der Waals surface area contributed by atoms with Crippen molar-refractivity contribution in [3.63, 3.8) is 0 Å². The Morgan fingerprint density at radius 3 is 2.25 bits per heavy atom. The van der Waals surface area contributed by atoms with Crippen LogP contribution < -0.4 is 10.6 Å². The van der Waals surface area contributed by atoms with Gasteiger partial charge < -0.3 is 10.6 Å². The zero-order valence-electron chi connectivity index (χ0n) is 20.7. The van der Waals surface area contributed by atoms with Crippen LogP contribution in [0.4, 0.5) is 23.9 Å². The first-order valence-corrected chi connectivity index (χ1v) is 12.7. The number of hydrogen-bond acceptors (Lipinski definition) is 3. The topological polar surface area (TPSA) is 58.2 Å². The number of carbonyl (C=O) groups is 2. The zero-order chi connectivity index (χ0) is 26.3. The maximum absolute atomic E-state index is 13.5. The summed E-state index contributed by atoms with van der Waals surface area (Å²) in [6, 6.07) is 12.0. The summed E-state index contributed by atoms with van der Waals surface area (Å²) in [5, 5.41) is 5.70. The number of aryl methyl sites for hydroxylation is 1. The van der Waals surface area contributed by atoms with E-state index in [2.05, 4.69) is 31.4 Å². The molecule has 0 bridgehead atoms. The Balaban J connectivity index is 1.71. The number of rotatable bonds is 4. The number of alkyl halides is 3. The summed E-state index contributed by atoms with van der Waals surface area (Å²) in [5.41, 5.74) is 1.35. The second kappa shape index (κ2) is 9.73. The largest absolute Gasteiger partial charge is 0.418 e. The van der Waals surface area contributed by atoms with Crippen molar-refractivity contribution in [2.75, 3.05) is 10.6 Å². The van der Waals surface area contributed by atoms with Crippen LogP contribution in [0.2, 0.25) is 0 Å². The van der Waals surface area contributed by atoms with E-state index in [1.54, 1.807) is 12.1 Å². The molecule has 1 atom stereocenters. The molecule has 0 saturated carbocycles. The molecule has 36 heavy (non-hydrogen) atoms. The van der Waals surface area contributed by atoms with Crippen molar-refractivity contribution in [1.29, 1.82) is 0 Å². The van der Waals surface area contributed by atoms with Gasteiger partial charge in [-0.1, -0.05) is 50.6 Å². The van der Waals surface area contributed by atoms with Gasteiger partial charge in [0.05, 0.1) is 16.8 Å². The standard InChI is InChI=1S/C28H29F3N2O2S/c1-16-9-11-17(12-10-16)24(34)33-26-23(19-14-13-18(27(2,3)4)15-22(19)36-26)25(35)32-21-8-6-5-7-20(21)28(29,30)31/h5-12,18H,13-15H2,1-4H3,(H,32,35)(H,33,34). The van der Waals surface area contributed by atoms with Crippen LogP contribution in [-0.4, -0.2) is 11.8 Å². The van der Waals surface area contributed by atoms with Crippen molar-refractivity contribution in [3.8, 4) is 0 Å². The van der Waals surface area contributed by atoms with Gasteiger partial charge in [0.25, 0.3) is 11.8 Å². The highest BCUT2D eigenvalue weighted by Crippen LogP contribution is 2.45. The van der Waals surface area contributed by atoms with E-state index in [-0.39, 0.29) is 22.6 Å². The molecule has 2 aromatic carbocycles. The predicted molar refractivity (Wildman–Crippen MR) is 138 cm³/mol. The molecule has 2 N–H and O–H groups in total. The summed E-state index contributed by atoms with van der Waals surface area (Å²) in [6.45, 7) is 8.45. The van der Waals surface area contributed by atoms with E-state index in [4.69, 9.17) is 0 Å². The molecule has 1 aliphatic rings. The molecule has 0 radical (unpaired) electrons. The van der Waals surface area contributed by atoms with E-state index in [0.717, 1.165) is 34.9 Å². The van der Waals surface area contributed by atoms with E-state index in [1.807, 2.05) is 19.1 Å². The minimum atomic E-state index is -4.61. The number of para-hydroxylation sites is 1. The Morgan fingerprint density at radius 1 is 0.944 bits per heavy atom. The first-order chi connectivity index (χ1) is 16.8. The van der Waals surface area contributed by atoms with Crippen LogP contribution in [0.3, 0.4) is 0 Å². The molecule has 0 spiro atoms. The molecule has 4 rings (SSSR count). The molecule has 1 unspecified atom stereocenters. The maximum atomic E-state index is 13.5. The van der Waals surface area contributed by atoms with Crippen molar-refractivity contribution in [1.82, 2.24) is 0 Å². The fraction of sp³-hybridized carbons (Fsp3) is 0.357. The highest BCUT2D eigenvalue weighted by molar-refractivity contribution is 7.17. The van der Waals surface area contributed by atoms with Crippen LogP contribution in [-0.2, 0) is 19.0 Å². The molecule has 1 aromatic heterocycles. The Kier molecular flexibility index (Phi) is 7.01. The quantitative estimate of drug-likeness (QED) is 0.374. The number of thiophene rings is 1. The fourth-order valence-corrected chi connectivity index (χ4v) is 5.88. The number of halogens is 3. The zero-order valence-corrected chi connectivity index (χ0v) is 21.5. The smallest absolute Gasteiger partial charge is 0.321 e. The molecule has 0 fully saturated rings. The monoisotopic (exact) mass is 514 g/mol. The molecule has 1 aliphatic carbocycles. The molecule has 4 nitrogen and oxygen atoms in total. The van der Waals surface area contributed by atoms with Gasteiger partial charge in [0.2, 0.25) is 0 Å². The van der Waals surface area contributed by atoms with Gasteiger partial charge in [-0.25, -0.2) is 0 Å². The summed E-state index contributed by atoms with van der Waals surface area (Å²) in [4.78, 5) is 27.5. The first kappa shape index (κ1) is 25.9. The number of anilines is 2. The predicted octanol–water partition coefficient (Wildman–Crippen LogP) is 7.73. The van der Waals surface area contributed by atoms with Crippen molar-refractivity contribution >= 4 is 33.8 Å². The van der Waals surface area contributed by atoms with Crippen LogP contribution in [0.25, 0.3) is 0 Å². The lowest BCUT2D eigenvalue weighted by Crippen LogP contribution is -2.27. The van der Waals surface area contributed by atoms with Gasteiger partial charge in [-0.3, -0.25) is 9.59 Å². The van der Waals surface area contributed by atoms with E-state index < -0.39 is 17.6 Å². The molecule has 3 aromatic rings. The van der Waals surface area contributed by atoms with Crippen molar-refractivity contribution in [2.24, 2.45) is 11.3 Å². The lowest BCUT2D eigenvalue weighted by Gasteiger charge is -2.33. The molecule has 0 saturated heterocycles.